The molecule has 6 nitrogen and oxygen atoms in total. The van der Waals surface area contributed by atoms with Crippen LogP contribution in [0.5, 0.6) is 0 Å². The molecule has 0 N–H and O–H groups in total. The summed E-state index contributed by atoms with van der Waals surface area (Å²) in [7, 11) is 0. The molecular weight excluding hydrogens is 366 g/mol. The highest BCUT2D eigenvalue weighted by Crippen LogP contribution is 2.30. The van der Waals surface area contributed by atoms with Gasteiger partial charge in [0.25, 0.3) is 5.91 Å². The van der Waals surface area contributed by atoms with Crippen molar-refractivity contribution in [2.24, 2.45) is 0 Å². The second kappa shape index (κ2) is 7.91. The second-order valence-corrected chi connectivity index (χ2v) is 7.03. The Morgan fingerprint density at radius 2 is 1.90 bits per heavy atom. The van der Waals surface area contributed by atoms with Crippen molar-refractivity contribution in [3.05, 3.63) is 59.9 Å². The van der Waals surface area contributed by atoms with E-state index in [1.165, 1.54) is 5.56 Å². The van der Waals surface area contributed by atoms with Gasteiger partial charge in [-0.15, -0.1) is 0 Å². The molecular formula is C23H23N3O3. The molecule has 148 valence electrons. The van der Waals surface area contributed by atoms with E-state index >= 15 is 0 Å². The van der Waals surface area contributed by atoms with Gasteiger partial charge >= 0.3 is 0 Å². The minimum atomic E-state index is 0.00361. The zero-order chi connectivity index (χ0) is 20.4. The van der Waals surface area contributed by atoms with Crippen molar-refractivity contribution in [3.8, 4) is 22.8 Å². The summed E-state index contributed by atoms with van der Waals surface area (Å²) in [6, 6.07) is 13.3. The molecule has 0 aliphatic carbocycles. The zero-order valence-electron chi connectivity index (χ0n) is 16.8. The lowest BCUT2D eigenvalue weighted by molar-refractivity contribution is 0.0764. The molecule has 0 saturated carbocycles. The lowest BCUT2D eigenvalue weighted by Gasteiger charge is -2.20. The fourth-order valence-corrected chi connectivity index (χ4v) is 3.32. The predicted octanol–water partition coefficient (Wildman–Crippen LogP) is 5.33. The van der Waals surface area contributed by atoms with Gasteiger partial charge in [0, 0.05) is 24.2 Å². The van der Waals surface area contributed by atoms with E-state index in [2.05, 4.69) is 17.1 Å². The Kier molecular flexibility index (Phi) is 5.16. The van der Waals surface area contributed by atoms with Crippen molar-refractivity contribution < 1.29 is 13.7 Å². The molecule has 2 heterocycles. The fourth-order valence-electron chi connectivity index (χ4n) is 3.32. The van der Waals surface area contributed by atoms with Crippen LogP contribution in [0.25, 0.3) is 33.8 Å². The van der Waals surface area contributed by atoms with Crippen LogP contribution in [-0.4, -0.2) is 34.0 Å². The maximum absolute atomic E-state index is 12.8. The van der Waals surface area contributed by atoms with Gasteiger partial charge in [-0.25, -0.2) is 4.98 Å². The summed E-state index contributed by atoms with van der Waals surface area (Å²) in [6.45, 7) is 7.48. The van der Waals surface area contributed by atoms with E-state index < -0.39 is 0 Å². The number of oxazole rings is 1. The summed E-state index contributed by atoms with van der Waals surface area (Å²) in [4.78, 5) is 19.2. The quantitative estimate of drug-likeness (QED) is 0.446. The van der Waals surface area contributed by atoms with E-state index in [9.17, 15) is 4.79 Å². The van der Waals surface area contributed by atoms with E-state index in [0.29, 0.717) is 35.0 Å². The average molecular weight is 389 g/mol. The van der Waals surface area contributed by atoms with Gasteiger partial charge in [0.1, 0.15) is 17.7 Å². The first-order chi connectivity index (χ1) is 14.1. The van der Waals surface area contributed by atoms with Crippen molar-refractivity contribution in [1.29, 1.82) is 0 Å². The molecule has 2 aromatic carbocycles. The van der Waals surface area contributed by atoms with E-state index in [1.807, 2.05) is 49.1 Å². The highest BCUT2D eigenvalue weighted by molar-refractivity contribution is 6.00. The Bertz CT molecular complexity index is 1140. The van der Waals surface area contributed by atoms with Gasteiger partial charge in [-0.05, 0) is 50.6 Å². The highest BCUT2D eigenvalue weighted by Gasteiger charge is 2.19. The number of benzene rings is 2. The second-order valence-electron chi connectivity index (χ2n) is 7.03. The van der Waals surface area contributed by atoms with E-state index in [-0.39, 0.29) is 5.91 Å². The molecule has 0 atom stereocenters. The summed E-state index contributed by atoms with van der Waals surface area (Å²) >= 11 is 0. The molecule has 0 bridgehead atoms. The van der Waals surface area contributed by atoms with Crippen LogP contribution in [0.2, 0.25) is 0 Å². The van der Waals surface area contributed by atoms with Crippen LogP contribution in [0.4, 0.5) is 0 Å². The zero-order valence-corrected chi connectivity index (χ0v) is 16.8. The van der Waals surface area contributed by atoms with E-state index in [1.54, 1.807) is 18.4 Å². The van der Waals surface area contributed by atoms with Gasteiger partial charge in [0.15, 0.2) is 5.58 Å². The Morgan fingerprint density at radius 3 is 2.62 bits per heavy atom. The Balaban J connectivity index is 1.70. The number of hydrogen-bond donors (Lipinski definition) is 0. The number of fused-ring (bicyclic) bond motifs is 1. The average Bonchev–Trinajstić information content (AvgIpc) is 3.38. The molecule has 0 aliphatic rings. The molecule has 29 heavy (non-hydrogen) atoms. The van der Waals surface area contributed by atoms with Crippen LogP contribution in [-0.2, 0) is 0 Å². The van der Waals surface area contributed by atoms with Crippen LogP contribution < -0.4 is 0 Å². The fraction of sp³-hybridized carbons (Fsp3) is 0.261. The third-order valence-corrected chi connectivity index (χ3v) is 4.92. The largest absolute Gasteiger partial charge is 0.444 e. The minimum Gasteiger partial charge on any atom is -0.444 e. The molecule has 6 heteroatoms. The van der Waals surface area contributed by atoms with Crippen LogP contribution >= 0.6 is 0 Å². The minimum absolute atomic E-state index is 0.00361. The maximum Gasteiger partial charge on any atom is 0.253 e. The predicted molar refractivity (Wildman–Crippen MR) is 112 cm³/mol. The first kappa shape index (κ1) is 18.9. The van der Waals surface area contributed by atoms with Gasteiger partial charge < -0.3 is 13.8 Å². The van der Waals surface area contributed by atoms with Crippen molar-refractivity contribution in [3.63, 3.8) is 0 Å². The number of aromatic nitrogens is 2. The normalized spacial score (nSPS) is 11.1. The summed E-state index contributed by atoms with van der Waals surface area (Å²) in [5.41, 5.74) is 4.42. The number of amides is 1. The standard InChI is InChI=1S/C23H23N3O3/c1-4-12-26(5-2)23(27)17-10-11-20-18(13-17)21(25-29-20)19-14-28-22(24-19)16-8-6-15(3)7-9-16/h6-11,13-14H,4-5,12H2,1-3H3. The van der Waals surface area contributed by atoms with Crippen molar-refractivity contribution in [1.82, 2.24) is 15.0 Å². The van der Waals surface area contributed by atoms with Crippen molar-refractivity contribution in [2.75, 3.05) is 13.1 Å². The van der Waals surface area contributed by atoms with E-state index in [4.69, 9.17) is 8.94 Å². The Morgan fingerprint density at radius 1 is 1.10 bits per heavy atom. The summed E-state index contributed by atoms with van der Waals surface area (Å²) < 4.78 is 11.1. The van der Waals surface area contributed by atoms with Gasteiger partial charge in [-0.2, -0.15) is 0 Å². The third-order valence-electron chi connectivity index (χ3n) is 4.92. The van der Waals surface area contributed by atoms with Gasteiger partial charge in [0.2, 0.25) is 5.89 Å². The van der Waals surface area contributed by atoms with Crippen LogP contribution in [0.1, 0.15) is 36.2 Å². The van der Waals surface area contributed by atoms with Crippen molar-refractivity contribution in [2.45, 2.75) is 27.2 Å². The first-order valence-electron chi connectivity index (χ1n) is 9.82. The monoisotopic (exact) mass is 389 g/mol. The highest BCUT2D eigenvalue weighted by atomic mass is 16.5. The topological polar surface area (TPSA) is 72.4 Å². The van der Waals surface area contributed by atoms with Crippen LogP contribution in [0.3, 0.4) is 0 Å². The number of rotatable bonds is 6. The van der Waals surface area contributed by atoms with Gasteiger partial charge in [0.05, 0.1) is 5.39 Å². The molecule has 0 aliphatic heterocycles. The molecule has 1 amide bonds. The lowest BCUT2D eigenvalue weighted by Crippen LogP contribution is -2.31. The van der Waals surface area contributed by atoms with Crippen molar-refractivity contribution >= 4 is 16.9 Å². The molecule has 0 unspecified atom stereocenters. The molecule has 2 aromatic heterocycles. The smallest absolute Gasteiger partial charge is 0.253 e. The Labute approximate surface area is 169 Å². The summed E-state index contributed by atoms with van der Waals surface area (Å²) in [5.74, 6) is 0.521. The van der Waals surface area contributed by atoms with Gasteiger partial charge in [-0.1, -0.05) is 29.8 Å². The molecule has 4 rings (SSSR count). The van der Waals surface area contributed by atoms with E-state index in [0.717, 1.165) is 23.9 Å². The number of carbonyl (C=O) groups is 1. The molecule has 4 aromatic rings. The third kappa shape index (κ3) is 3.66. The number of nitrogens with zero attached hydrogens (tertiary/aromatic N) is 3. The molecule has 0 spiro atoms. The van der Waals surface area contributed by atoms with Gasteiger partial charge in [-0.3, -0.25) is 4.79 Å². The number of aryl methyl sites for hydroxylation is 1. The first-order valence-corrected chi connectivity index (χ1v) is 9.82. The molecule has 0 saturated heterocycles. The molecule has 0 fully saturated rings. The number of carbonyl (C=O) groups excluding carboxylic acids is 1. The molecule has 0 radical (unpaired) electrons. The lowest BCUT2D eigenvalue weighted by atomic mass is 10.1. The summed E-state index contributed by atoms with van der Waals surface area (Å²) in [6.07, 6.45) is 2.48. The number of hydrogen-bond acceptors (Lipinski definition) is 5. The van der Waals surface area contributed by atoms with Crippen LogP contribution in [0, 0.1) is 6.92 Å². The Hall–Kier alpha value is -3.41. The summed E-state index contributed by atoms with van der Waals surface area (Å²) in [5, 5.41) is 4.91. The van der Waals surface area contributed by atoms with Crippen LogP contribution in [0.15, 0.2) is 57.7 Å². The SMILES string of the molecule is CCCN(CC)C(=O)c1ccc2onc(-c3coc(-c4ccc(C)cc4)n3)c2c1. The maximum atomic E-state index is 12.8.